The van der Waals surface area contributed by atoms with E-state index in [1.165, 1.54) is 4.90 Å². The molecule has 2 atom stereocenters. The summed E-state index contributed by atoms with van der Waals surface area (Å²) in [6.45, 7) is 10.1. The van der Waals surface area contributed by atoms with E-state index < -0.39 is 35.7 Å². The number of carboxylic acid groups (broad SMARTS) is 1. The Kier molecular flexibility index (Phi) is 9.39. The van der Waals surface area contributed by atoms with Crippen LogP contribution < -0.4 is 10.6 Å². The van der Waals surface area contributed by atoms with Gasteiger partial charge < -0.3 is 25.4 Å². The Morgan fingerprint density at radius 3 is 2.38 bits per heavy atom. The third-order valence-corrected chi connectivity index (χ3v) is 4.50. The second-order valence-electron chi connectivity index (χ2n) is 8.79. The van der Waals surface area contributed by atoms with Gasteiger partial charge in [0, 0.05) is 19.5 Å². The Labute approximate surface area is 172 Å². The van der Waals surface area contributed by atoms with Crippen molar-refractivity contribution in [2.45, 2.75) is 84.4 Å². The molecule has 9 nitrogen and oxygen atoms in total. The average molecular weight is 414 g/mol. The number of nitrogens with one attached hydrogen (secondary N) is 2. The van der Waals surface area contributed by atoms with E-state index in [-0.39, 0.29) is 18.7 Å². The summed E-state index contributed by atoms with van der Waals surface area (Å²) in [4.78, 5) is 50.1. The molecule has 3 amide bonds. The molecular formula is C20H35N3O6. The maximum Gasteiger partial charge on any atom is 0.408 e. The highest BCUT2D eigenvalue weighted by Gasteiger charge is 2.38. The summed E-state index contributed by atoms with van der Waals surface area (Å²) in [5.74, 6) is -1.29. The van der Waals surface area contributed by atoms with Gasteiger partial charge in [-0.25, -0.2) is 4.79 Å². The van der Waals surface area contributed by atoms with Gasteiger partial charge in [-0.1, -0.05) is 13.8 Å². The third-order valence-electron chi connectivity index (χ3n) is 4.50. The van der Waals surface area contributed by atoms with Crippen molar-refractivity contribution in [2.75, 3.05) is 13.1 Å². The molecule has 1 heterocycles. The molecule has 1 saturated heterocycles. The molecule has 0 aromatic heterocycles. The monoisotopic (exact) mass is 413 g/mol. The number of hydrogen-bond donors (Lipinski definition) is 3. The predicted molar refractivity (Wildman–Crippen MR) is 107 cm³/mol. The Morgan fingerprint density at radius 2 is 1.83 bits per heavy atom. The molecule has 1 rings (SSSR count). The molecule has 1 fully saturated rings. The van der Waals surface area contributed by atoms with Crippen molar-refractivity contribution in [3.8, 4) is 0 Å². The van der Waals surface area contributed by atoms with Gasteiger partial charge in [-0.2, -0.15) is 0 Å². The molecule has 0 aromatic carbocycles. The van der Waals surface area contributed by atoms with Crippen LogP contribution >= 0.6 is 0 Å². The molecule has 1 unspecified atom stereocenters. The minimum atomic E-state index is -1.07. The fraction of sp³-hybridized carbons (Fsp3) is 0.800. The maximum atomic E-state index is 13.0. The van der Waals surface area contributed by atoms with E-state index in [4.69, 9.17) is 9.84 Å². The Bertz CT molecular complexity index is 600. The van der Waals surface area contributed by atoms with Crippen LogP contribution in [0.5, 0.6) is 0 Å². The zero-order valence-electron chi connectivity index (χ0n) is 18.1. The molecule has 1 aliphatic rings. The van der Waals surface area contributed by atoms with Crippen LogP contribution in [-0.2, 0) is 19.1 Å². The minimum Gasteiger partial charge on any atom is -0.481 e. The molecule has 0 radical (unpaired) electrons. The van der Waals surface area contributed by atoms with Crippen LogP contribution in [0.3, 0.4) is 0 Å². The first-order chi connectivity index (χ1) is 13.4. The van der Waals surface area contributed by atoms with E-state index in [1.807, 2.05) is 0 Å². The molecule has 9 heteroatoms. The fourth-order valence-corrected chi connectivity index (χ4v) is 3.08. The van der Waals surface area contributed by atoms with Crippen LogP contribution in [0, 0.1) is 5.92 Å². The molecular weight excluding hydrogens is 378 g/mol. The van der Waals surface area contributed by atoms with Gasteiger partial charge in [-0.05, 0) is 52.4 Å². The number of carbonyl (C=O) groups excluding carboxylic acids is 3. The molecule has 3 N–H and O–H groups in total. The Morgan fingerprint density at radius 1 is 1.17 bits per heavy atom. The summed E-state index contributed by atoms with van der Waals surface area (Å²) in [5, 5.41) is 14.3. The highest BCUT2D eigenvalue weighted by molar-refractivity contribution is 5.92. The lowest BCUT2D eigenvalue weighted by atomic mass is 10.1. The lowest BCUT2D eigenvalue weighted by Gasteiger charge is -2.29. The summed E-state index contributed by atoms with van der Waals surface area (Å²) >= 11 is 0. The van der Waals surface area contributed by atoms with Crippen LogP contribution in [0.4, 0.5) is 4.79 Å². The van der Waals surface area contributed by atoms with E-state index in [1.54, 1.807) is 20.8 Å². The van der Waals surface area contributed by atoms with E-state index in [0.29, 0.717) is 31.8 Å². The highest BCUT2D eigenvalue weighted by atomic mass is 16.6. The highest BCUT2D eigenvalue weighted by Crippen LogP contribution is 2.20. The number of rotatable bonds is 9. The van der Waals surface area contributed by atoms with Crippen molar-refractivity contribution in [2.24, 2.45) is 5.92 Å². The molecule has 29 heavy (non-hydrogen) atoms. The van der Waals surface area contributed by atoms with Gasteiger partial charge in [0.05, 0.1) is 0 Å². The van der Waals surface area contributed by atoms with Crippen LogP contribution in [0.25, 0.3) is 0 Å². The van der Waals surface area contributed by atoms with Gasteiger partial charge in [-0.15, -0.1) is 0 Å². The minimum absolute atomic E-state index is 0.0778. The number of carbonyl (C=O) groups is 4. The number of ether oxygens (including phenoxy) is 1. The maximum absolute atomic E-state index is 13.0. The molecule has 0 bridgehead atoms. The van der Waals surface area contributed by atoms with Crippen LogP contribution in [-0.4, -0.2) is 64.7 Å². The van der Waals surface area contributed by atoms with Gasteiger partial charge in [0.15, 0.2) is 0 Å². The van der Waals surface area contributed by atoms with Crippen LogP contribution in [0.15, 0.2) is 0 Å². The average Bonchev–Trinajstić information content (AvgIpc) is 3.05. The second kappa shape index (κ2) is 11.0. The summed E-state index contributed by atoms with van der Waals surface area (Å²) in [6.07, 6.45) is 0.895. The van der Waals surface area contributed by atoms with Crippen molar-refractivity contribution in [1.29, 1.82) is 0 Å². The van der Waals surface area contributed by atoms with E-state index in [2.05, 4.69) is 24.5 Å². The number of likely N-dealkylation sites (tertiary alicyclic amines) is 1. The van der Waals surface area contributed by atoms with Gasteiger partial charge >= 0.3 is 12.1 Å². The predicted octanol–water partition coefficient (Wildman–Crippen LogP) is 1.90. The largest absolute Gasteiger partial charge is 0.481 e. The normalized spacial score (nSPS) is 17.7. The van der Waals surface area contributed by atoms with Crippen LogP contribution in [0.2, 0.25) is 0 Å². The number of carboxylic acids is 1. The smallest absolute Gasteiger partial charge is 0.408 e. The third kappa shape index (κ3) is 9.15. The molecule has 166 valence electrons. The zero-order valence-corrected chi connectivity index (χ0v) is 18.1. The number of alkyl carbamates (subject to hydrolysis) is 1. The Hall–Kier alpha value is -2.32. The van der Waals surface area contributed by atoms with Crippen molar-refractivity contribution < 1.29 is 29.0 Å². The van der Waals surface area contributed by atoms with Crippen molar-refractivity contribution in [1.82, 2.24) is 15.5 Å². The van der Waals surface area contributed by atoms with Gasteiger partial charge in [0.1, 0.15) is 17.7 Å². The number of aliphatic carboxylic acids is 1. The van der Waals surface area contributed by atoms with E-state index in [9.17, 15) is 19.2 Å². The quantitative estimate of drug-likeness (QED) is 0.530. The molecule has 0 saturated carbocycles. The first-order valence-electron chi connectivity index (χ1n) is 10.2. The summed E-state index contributed by atoms with van der Waals surface area (Å²) in [6, 6.07) is -1.67. The number of hydrogen-bond acceptors (Lipinski definition) is 5. The summed E-state index contributed by atoms with van der Waals surface area (Å²) in [5.41, 5.74) is -0.753. The standard InChI is InChI=1S/C20H35N3O6/c1-13(2)10-11-21-17(26)15-7-6-12-23(15)18(27)14(8-9-16(24)25)22-19(28)29-20(3,4)5/h13-15H,6-12H2,1-5H3,(H,21,26)(H,22,28)(H,24,25)/t14-,15?/m0/s1. The number of amides is 3. The SMILES string of the molecule is CC(C)CCNC(=O)C1CCCN1C(=O)[C@H](CCC(=O)O)NC(=O)OC(C)(C)C. The zero-order chi connectivity index (χ0) is 22.2. The second-order valence-corrected chi connectivity index (χ2v) is 8.79. The van der Waals surface area contributed by atoms with Crippen LogP contribution in [0.1, 0.15) is 66.7 Å². The van der Waals surface area contributed by atoms with Crippen molar-refractivity contribution in [3.63, 3.8) is 0 Å². The van der Waals surface area contributed by atoms with E-state index in [0.717, 1.165) is 6.42 Å². The van der Waals surface area contributed by atoms with Crippen molar-refractivity contribution in [3.05, 3.63) is 0 Å². The first kappa shape index (κ1) is 24.7. The van der Waals surface area contributed by atoms with Gasteiger partial charge in [0.25, 0.3) is 0 Å². The lowest BCUT2D eigenvalue weighted by Crippen LogP contribution is -2.54. The molecule has 0 spiro atoms. The molecule has 1 aliphatic heterocycles. The topological polar surface area (TPSA) is 125 Å². The lowest BCUT2D eigenvalue weighted by molar-refractivity contribution is -0.141. The summed E-state index contributed by atoms with van der Waals surface area (Å²) < 4.78 is 5.19. The fourth-order valence-electron chi connectivity index (χ4n) is 3.08. The Balaban J connectivity index is 2.82. The summed E-state index contributed by atoms with van der Waals surface area (Å²) in [7, 11) is 0. The first-order valence-corrected chi connectivity index (χ1v) is 10.2. The van der Waals surface area contributed by atoms with Gasteiger partial charge in [0.2, 0.25) is 11.8 Å². The molecule has 0 aliphatic carbocycles. The van der Waals surface area contributed by atoms with E-state index >= 15 is 0 Å². The number of nitrogens with zero attached hydrogens (tertiary/aromatic N) is 1. The van der Waals surface area contributed by atoms with Crippen molar-refractivity contribution >= 4 is 23.9 Å². The van der Waals surface area contributed by atoms with Gasteiger partial charge in [-0.3, -0.25) is 14.4 Å². The molecule has 0 aromatic rings.